The summed E-state index contributed by atoms with van der Waals surface area (Å²) < 4.78 is 0. The molecule has 0 N–H and O–H groups in total. The third-order valence-corrected chi connectivity index (χ3v) is 11.8. The lowest BCUT2D eigenvalue weighted by molar-refractivity contribution is -0.119. The van der Waals surface area contributed by atoms with E-state index in [0.29, 0.717) is 0 Å². The van der Waals surface area contributed by atoms with Crippen molar-refractivity contribution in [2.75, 3.05) is 0 Å². The van der Waals surface area contributed by atoms with E-state index < -0.39 is 0 Å². The van der Waals surface area contributed by atoms with Gasteiger partial charge < -0.3 is 0 Å². The lowest BCUT2D eigenvalue weighted by atomic mass is 9.44. The van der Waals surface area contributed by atoms with Gasteiger partial charge in [0, 0.05) is 0 Å². The molecule has 0 nitrogen and oxygen atoms in total. The number of fused-ring (bicyclic) bond motifs is 7. The highest BCUT2D eigenvalue weighted by atomic mass is 14.7. The van der Waals surface area contributed by atoms with Crippen molar-refractivity contribution in [1.82, 2.24) is 0 Å². The van der Waals surface area contributed by atoms with Crippen molar-refractivity contribution in [2.45, 2.75) is 104 Å². The van der Waals surface area contributed by atoms with Crippen LogP contribution in [0.15, 0.2) is 0 Å². The van der Waals surface area contributed by atoms with Gasteiger partial charge in [0.05, 0.1) is 0 Å². The van der Waals surface area contributed by atoms with Gasteiger partial charge in [-0.05, 0) is 129 Å². The molecule has 0 aromatic heterocycles. The van der Waals surface area contributed by atoms with E-state index in [4.69, 9.17) is 0 Å². The van der Waals surface area contributed by atoms with Gasteiger partial charge in [0.15, 0.2) is 0 Å². The molecule has 0 amide bonds. The van der Waals surface area contributed by atoms with E-state index in [1.165, 1.54) is 0 Å². The lowest BCUT2D eigenvalue weighted by Gasteiger charge is -2.61. The summed E-state index contributed by atoms with van der Waals surface area (Å²) >= 11 is 0. The highest BCUT2D eigenvalue weighted by Gasteiger charge is 2.64. The van der Waals surface area contributed by atoms with Gasteiger partial charge in [-0.15, -0.1) is 0 Å². The maximum absolute atomic E-state index is 2.82. The van der Waals surface area contributed by atoms with Crippen molar-refractivity contribution >= 4 is 0 Å². The van der Waals surface area contributed by atoms with Gasteiger partial charge >= 0.3 is 0 Å². The monoisotopic (exact) mass is 354 g/mol. The van der Waals surface area contributed by atoms with Crippen LogP contribution in [0, 0.1) is 58.2 Å². The molecule has 0 aromatic rings. The second-order valence-corrected chi connectivity index (χ2v) is 12.4. The number of hydrogen-bond donors (Lipinski definition) is 0. The van der Waals surface area contributed by atoms with Crippen LogP contribution >= 0.6 is 0 Å². The summed E-state index contributed by atoms with van der Waals surface area (Å²) in [7, 11) is 0. The summed E-state index contributed by atoms with van der Waals surface area (Å²) in [6.45, 7) is 5.48. The molecule has 9 atom stereocenters. The van der Waals surface area contributed by atoms with Crippen LogP contribution < -0.4 is 0 Å². The van der Waals surface area contributed by atoms with E-state index in [-0.39, 0.29) is 0 Å². The van der Waals surface area contributed by atoms with Gasteiger partial charge in [-0.1, -0.05) is 33.1 Å². The Bertz CT molecular complexity index is 558. The molecule has 146 valence electrons. The third-order valence-electron chi connectivity index (χ3n) is 11.8. The minimum absolute atomic E-state index is 0.725. The molecular formula is C26H42. The van der Waals surface area contributed by atoms with Gasteiger partial charge in [0.25, 0.3) is 0 Å². The molecule has 0 aliphatic heterocycles. The van der Waals surface area contributed by atoms with Gasteiger partial charge in [-0.2, -0.15) is 0 Å². The molecule has 6 aliphatic carbocycles. The number of rotatable bonds is 1. The smallest absolute Gasteiger partial charge is 0.0233 e. The van der Waals surface area contributed by atoms with Crippen LogP contribution in [0.5, 0.6) is 0 Å². The average molecular weight is 355 g/mol. The van der Waals surface area contributed by atoms with Crippen LogP contribution in [0.2, 0.25) is 0 Å². The van der Waals surface area contributed by atoms with E-state index >= 15 is 0 Å². The minimum Gasteiger partial charge on any atom is -0.0594 e. The SMILES string of the molecule is CC1(C2CCC3CCC4C5CCC6CCCCC6C5CCC4C32C)CC1. The zero-order valence-corrected chi connectivity index (χ0v) is 17.5. The first-order valence-electron chi connectivity index (χ1n) is 12.6. The Labute approximate surface area is 162 Å². The summed E-state index contributed by atoms with van der Waals surface area (Å²) in [6, 6.07) is 0. The van der Waals surface area contributed by atoms with Gasteiger partial charge in [0.2, 0.25) is 0 Å². The molecule has 0 heterocycles. The van der Waals surface area contributed by atoms with Crippen molar-refractivity contribution < 1.29 is 0 Å². The Morgan fingerprint density at radius 3 is 2.12 bits per heavy atom. The Balaban J connectivity index is 1.30. The molecular weight excluding hydrogens is 312 g/mol. The van der Waals surface area contributed by atoms with Crippen LogP contribution in [0.1, 0.15) is 104 Å². The molecule has 0 radical (unpaired) electrons. The lowest BCUT2D eigenvalue weighted by Crippen LogP contribution is -2.53. The van der Waals surface area contributed by atoms with Crippen LogP contribution in [0.25, 0.3) is 0 Å². The molecule has 0 heteroatoms. The van der Waals surface area contributed by atoms with Crippen LogP contribution in [-0.4, -0.2) is 0 Å². The molecule has 0 saturated heterocycles. The largest absolute Gasteiger partial charge is 0.0594 e. The van der Waals surface area contributed by atoms with E-state index in [0.717, 1.165) is 58.2 Å². The second-order valence-electron chi connectivity index (χ2n) is 12.4. The topological polar surface area (TPSA) is 0 Å². The molecule has 0 bridgehead atoms. The fourth-order valence-corrected chi connectivity index (χ4v) is 10.5. The molecule has 6 aliphatic rings. The standard InChI is InChI=1S/C26H42/c1-25(15-16-25)24-14-9-18-8-11-22-21-10-7-17-5-3-4-6-19(17)20(21)12-13-23(22)26(18,24)2/h17-24H,3-16H2,1-2H3. The first kappa shape index (κ1) is 16.9. The predicted molar refractivity (Wildman–Crippen MR) is 109 cm³/mol. The summed E-state index contributed by atoms with van der Waals surface area (Å²) in [5.41, 5.74) is 1.48. The van der Waals surface area contributed by atoms with Gasteiger partial charge in [-0.3, -0.25) is 0 Å². The fourth-order valence-electron chi connectivity index (χ4n) is 10.5. The molecule has 6 rings (SSSR count). The van der Waals surface area contributed by atoms with Gasteiger partial charge in [0.1, 0.15) is 0 Å². The Kier molecular flexibility index (Phi) is 3.75. The first-order valence-corrected chi connectivity index (χ1v) is 12.6. The fraction of sp³-hybridized carbons (Fsp3) is 1.00. The normalized spacial score (nSPS) is 57.5. The molecule has 9 unspecified atom stereocenters. The molecule has 0 spiro atoms. The molecule has 6 saturated carbocycles. The van der Waals surface area contributed by atoms with Crippen LogP contribution in [-0.2, 0) is 0 Å². The van der Waals surface area contributed by atoms with E-state index in [1.54, 1.807) is 89.9 Å². The summed E-state index contributed by atoms with van der Waals surface area (Å²) in [4.78, 5) is 0. The highest BCUT2D eigenvalue weighted by Crippen LogP contribution is 2.72. The van der Waals surface area contributed by atoms with Crippen molar-refractivity contribution in [3.8, 4) is 0 Å². The Morgan fingerprint density at radius 2 is 1.27 bits per heavy atom. The van der Waals surface area contributed by atoms with Crippen molar-refractivity contribution in [1.29, 1.82) is 0 Å². The summed E-state index contributed by atoms with van der Waals surface area (Å²) in [5.74, 6) is 8.97. The highest BCUT2D eigenvalue weighted by molar-refractivity contribution is 5.13. The van der Waals surface area contributed by atoms with Crippen LogP contribution in [0.4, 0.5) is 0 Å². The zero-order chi connectivity index (χ0) is 17.5. The zero-order valence-electron chi connectivity index (χ0n) is 17.5. The van der Waals surface area contributed by atoms with Gasteiger partial charge in [-0.25, -0.2) is 0 Å². The summed E-state index contributed by atoms with van der Waals surface area (Å²) in [6.07, 6.45) is 22.2. The van der Waals surface area contributed by atoms with E-state index in [9.17, 15) is 0 Å². The van der Waals surface area contributed by atoms with E-state index in [2.05, 4.69) is 13.8 Å². The predicted octanol–water partition coefficient (Wildman–Crippen LogP) is 7.47. The summed E-state index contributed by atoms with van der Waals surface area (Å²) in [5, 5.41) is 0. The van der Waals surface area contributed by atoms with E-state index in [1.807, 2.05) is 0 Å². The van der Waals surface area contributed by atoms with Crippen molar-refractivity contribution in [3.05, 3.63) is 0 Å². The second kappa shape index (κ2) is 5.76. The molecule has 6 fully saturated rings. The number of hydrogen-bond acceptors (Lipinski definition) is 0. The minimum atomic E-state index is 0.725. The van der Waals surface area contributed by atoms with Crippen LogP contribution in [0.3, 0.4) is 0 Å². The first-order chi connectivity index (χ1) is 12.6. The van der Waals surface area contributed by atoms with Crippen molar-refractivity contribution in [3.63, 3.8) is 0 Å². The maximum atomic E-state index is 2.82. The average Bonchev–Trinajstić information content (AvgIpc) is 3.30. The molecule has 26 heavy (non-hydrogen) atoms. The Hall–Kier alpha value is 0. The van der Waals surface area contributed by atoms with Crippen molar-refractivity contribution in [2.24, 2.45) is 58.2 Å². The third kappa shape index (κ3) is 2.20. The molecule has 0 aromatic carbocycles. The Morgan fingerprint density at radius 1 is 0.577 bits per heavy atom. The maximum Gasteiger partial charge on any atom is -0.0233 e. The quantitative estimate of drug-likeness (QED) is 0.458.